The molecule has 0 aromatic heterocycles. The van der Waals surface area contributed by atoms with E-state index in [0.717, 1.165) is 22.4 Å². The molecule has 4 nitrogen and oxygen atoms in total. The zero-order valence-corrected chi connectivity index (χ0v) is 18.2. The summed E-state index contributed by atoms with van der Waals surface area (Å²) in [5, 5.41) is 17.4. The highest BCUT2D eigenvalue weighted by atomic mass is 35.5. The van der Waals surface area contributed by atoms with Crippen LogP contribution in [0.1, 0.15) is 37.3 Å². The molecule has 1 aliphatic carbocycles. The maximum Gasteiger partial charge on any atom is 0.152 e. The molecule has 4 rings (SSSR count). The van der Waals surface area contributed by atoms with Gasteiger partial charge in [-0.05, 0) is 86.8 Å². The summed E-state index contributed by atoms with van der Waals surface area (Å²) in [5.74, 6) is -0.0825. The number of halogens is 2. The fourth-order valence-electron chi connectivity index (χ4n) is 4.27. The van der Waals surface area contributed by atoms with Gasteiger partial charge in [-0.3, -0.25) is 0 Å². The minimum Gasteiger partial charge on any atom is -0.505 e. The number of hydrogen-bond donors (Lipinski definition) is 3. The van der Waals surface area contributed by atoms with Crippen LogP contribution in [-0.4, -0.2) is 36.2 Å². The molecule has 1 radical (unpaired) electrons. The molecule has 1 fully saturated rings. The third kappa shape index (κ3) is 4.41. The summed E-state index contributed by atoms with van der Waals surface area (Å²) in [7, 11) is 4.34. The van der Waals surface area contributed by atoms with Gasteiger partial charge in [-0.15, -0.1) is 0 Å². The first-order valence-electron chi connectivity index (χ1n) is 10.0. The highest BCUT2D eigenvalue weighted by Crippen LogP contribution is 2.39. The van der Waals surface area contributed by atoms with Gasteiger partial charge in [0.25, 0.3) is 0 Å². The van der Waals surface area contributed by atoms with Crippen molar-refractivity contribution < 1.29 is 5.11 Å². The van der Waals surface area contributed by atoms with E-state index in [0.29, 0.717) is 12.1 Å². The van der Waals surface area contributed by atoms with E-state index in [4.69, 9.17) is 23.2 Å². The summed E-state index contributed by atoms with van der Waals surface area (Å²) in [6, 6.07) is 10.9. The first-order chi connectivity index (χ1) is 13.9. The molecule has 0 spiro atoms. The second kappa shape index (κ2) is 8.57. The Morgan fingerprint density at radius 1 is 1.03 bits per heavy atom. The zero-order chi connectivity index (χ0) is 20.5. The molecule has 0 bridgehead atoms. The number of hydrogen-bond acceptors (Lipinski definition) is 4. The number of rotatable bonds is 4. The predicted octanol–water partition coefficient (Wildman–Crippen LogP) is 5.61. The average molecular weight is 431 g/mol. The van der Waals surface area contributed by atoms with Crippen molar-refractivity contribution in [3.05, 3.63) is 58.2 Å². The van der Waals surface area contributed by atoms with E-state index >= 15 is 0 Å². The molecule has 1 saturated carbocycles. The smallest absolute Gasteiger partial charge is 0.152 e. The molecular formula is C23H26Cl2N3O. The molecule has 2 aliphatic rings. The topological polar surface area (TPSA) is 47.5 Å². The Hall–Kier alpha value is -1.72. The molecule has 1 heterocycles. The molecule has 3 N–H and O–H groups in total. The van der Waals surface area contributed by atoms with E-state index in [9.17, 15) is 5.11 Å². The number of phenolic OH excluding ortho intramolecular Hbond substituents is 1. The van der Waals surface area contributed by atoms with E-state index in [1.54, 1.807) is 12.1 Å². The monoisotopic (exact) mass is 430 g/mol. The van der Waals surface area contributed by atoms with Crippen LogP contribution in [0.4, 0.5) is 5.69 Å². The van der Waals surface area contributed by atoms with Crippen molar-refractivity contribution in [1.29, 1.82) is 0 Å². The van der Waals surface area contributed by atoms with Crippen LogP contribution >= 0.6 is 23.2 Å². The summed E-state index contributed by atoms with van der Waals surface area (Å²) in [6.45, 7) is 0. The maximum absolute atomic E-state index is 9.85. The molecular weight excluding hydrogens is 405 g/mol. The second-order valence-corrected chi connectivity index (χ2v) is 8.93. The van der Waals surface area contributed by atoms with Gasteiger partial charge in [0, 0.05) is 24.0 Å². The SMILES string of the molecule is CN(C)[C@H]1CC[C@H](NC2[C]=CNc3ccc(-c4cc(Cl)c(O)c(Cl)c4)cc32)CC1. The summed E-state index contributed by atoms with van der Waals surface area (Å²) < 4.78 is 0. The number of aromatic hydroxyl groups is 1. The third-order valence-corrected chi connectivity index (χ3v) is 6.60. The quantitative estimate of drug-likeness (QED) is 0.589. The van der Waals surface area contributed by atoms with Crippen LogP contribution in [0.2, 0.25) is 10.0 Å². The number of anilines is 1. The number of phenols is 1. The molecule has 29 heavy (non-hydrogen) atoms. The van der Waals surface area contributed by atoms with Crippen LogP contribution in [-0.2, 0) is 0 Å². The van der Waals surface area contributed by atoms with E-state index in [1.807, 2.05) is 12.3 Å². The van der Waals surface area contributed by atoms with Gasteiger partial charge in [0.1, 0.15) is 0 Å². The number of fused-ring (bicyclic) bond motifs is 1. The number of nitrogens with zero attached hydrogens (tertiary/aromatic N) is 1. The van der Waals surface area contributed by atoms with Gasteiger partial charge >= 0.3 is 0 Å². The van der Waals surface area contributed by atoms with Crippen molar-refractivity contribution >= 4 is 28.9 Å². The molecule has 1 atom stereocenters. The summed E-state index contributed by atoms with van der Waals surface area (Å²) in [4.78, 5) is 2.34. The average Bonchev–Trinajstić information content (AvgIpc) is 2.72. The molecule has 6 heteroatoms. The van der Waals surface area contributed by atoms with Crippen LogP contribution in [0.5, 0.6) is 5.75 Å². The van der Waals surface area contributed by atoms with Crippen LogP contribution < -0.4 is 10.6 Å². The molecule has 1 unspecified atom stereocenters. The van der Waals surface area contributed by atoms with E-state index in [1.165, 1.54) is 25.7 Å². The lowest BCUT2D eigenvalue weighted by Gasteiger charge is -2.35. The zero-order valence-electron chi connectivity index (χ0n) is 16.7. The fourth-order valence-corrected chi connectivity index (χ4v) is 4.76. The first kappa shape index (κ1) is 20.5. The van der Waals surface area contributed by atoms with Crippen molar-refractivity contribution in [2.24, 2.45) is 0 Å². The maximum atomic E-state index is 9.85. The van der Waals surface area contributed by atoms with Crippen LogP contribution in [0, 0.1) is 6.08 Å². The van der Waals surface area contributed by atoms with E-state index in [-0.39, 0.29) is 21.8 Å². The van der Waals surface area contributed by atoms with Crippen molar-refractivity contribution in [1.82, 2.24) is 10.2 Å². The number of nitrogens with one attached hydrogen (secondary N) is 2. The van der Waals surface area contributed by atoms with Gasteiger partial charge in [0.2, 0.25) is 0 Å². The minimum atomic E-state index is -0.0825. The van der Waals surface area contributed by atoms with Crippen molar-refractivity contribution in [2.45, 2.75) is 43.8 Å². The van der Waals surface area contributed by atoms with Gasteiger partial charge in [-0.25, -0.2) is 0 Å². The van der Waals surface area contributed by atoms with Crippen molar-refractivity contribution in [2.75, 3.05) is 19.4 Å². The van der Waals surface area contributed by atoms with Gasteiger partial charge < -0.3 is 20.6 Å². The first-order valence-corrected chi connectivity index (χ1v) is 10.8. The van der Waals surface area contributed by atoms with Crippen LogP contribution in [0.25, 0.3) is 11.1 Å². The lowest BCUT2D eigenvalue weighted by molar-refractivity contribution is 0.201. The van der Waals surface area contributed by atoms with Crippen LogP contribution in [0.3, 0.4) is 0 Å². The molecule has 2 aromatic rings. The van der Waals surface area contributed by atoms with Gasteiger partial charge in [-0.1, -0.05) is 29.3 Å². The van der Waals surface area contributed by atoms with Crippen LogP contribution in [0.15, 0.2) is 36.5 Å². The van der Waals surface area contributed by atoms with Crippen molar-refractivity contribution in [3.8, 4) is 16.9 Å². The van der Waals surface area contributed by atoms with Crippen molar-refractivity contribution in [3.63, 3.8) is 0 Å². The summed E-state index contributed by atoms with van der Waals surface area (Å²) >= 11 is 12.2. The summed E-state index contributed by atoms with van der Waals surface area (Å²) in [5.41, 5.74) is 4.10. The molecule has 0 saturated heterocycles. The summed E-state index contributed by atoms with van der Waals surface area (Å²) in [6.07, 6.45) is 10.1. The molecule has 2 aromatic carbocycles. The lowest BCUT2D eigenvalue weighted by Crippen LogP contribution is -2.41. The lowest BCUT2D eigenvalue weighted by atomic mass is 9.89. The molecule has 153 valence electrons. The normalized spacial score (nSPS) is 23.7. The minimum absolute atomic E-state index is 0.0372. The molecule has 1 aliphatic heterocycles. The van der Waals surface area contributed by atoms with Gasteiger partial charge in [0.05, 0.1) is 16.1 Å². The van der Waals surface area contributed by atoms with Gasteiger partial charge in [0.15, 0.2) is 5.75 Å². The van der Waals surface area contributed by atoms with E-state index in [2.05, 4.69) is 47.8 Å². The Labute approximate surface area is 182 Å². The Kier molecular flexibility index (Phi) is 6.07. The fraction of sp³-hybridized carbons (Fsp3) is 0.391. The third-order valence-electron chi connectivity index (χ3n) is 6.02. The number of benzene rings is 2. The Morgan fingerprint density at radius 3 is 2.38 bits per heavy atom. The van der Waals surface area contributed by atoms with Gasteiger partial charge in [-0.2, -0.15) is 0 Å². The Morgan fingerprint density at radius 2 is 1.72 bits per heavy atom. The highest BCUT2D eigenvalue weighted by molar-refractivity contribution is 6.37. The Balaban J connectivity index is 1.56. The molecule has 0 amide bonds. The Bertz CT molecular complexity index is 897. The largest absolute Gasteiger partial charge is 0.505 e. The second-order valence-electron chi connectivity index (χ2n) is 8.11. The standard InChI is InChI=1S/C23H26Cl2N3O/c1-28(2)17-6-4-16(5-7-17)27-22-9-10-26-21-8-3-14(11-18(21)22)15-12-19(24)23(29)20(25)13-15/h3,8,10-13,16-17,22,26-27,29H,4-7H2,1-2H3/t16-,17-,22?. The predicted molar refractivity (Wildman–Crippen MR) is 121 cm³/mol. The van der Waals surface area contributed by atoms with E-state index < -0.39 is 0 Å². The highest BCUT2D eigenvalue weighted by Gasteiger charge is 2.26.